The van der Waals surface area contributed by atoms with E-state index in [2.05, 4.69) is 41.5 Å². The van der Waals surface area contributed by atoms with Crippen LogP contribution in [0.2, 0.25) is 0 Å². The van der Waals surface area contributed by atoms with Crippen LogP contribution >= 0.6 is 0 Å². The van der Waals surface area contributed by atoms with Gasteiger partial charge in [-0.25, -0.2) is 4.98 Å². The van der Waals surface area contributed by atoms with Crippen molar-refractivity contribution >= 4 is 11.5 Å². The molecule has 0 saturated heterocycles. The lowest BCUT2D eigenvalue weighted by atomic mass is 9.99. The molecule has 0 spiro atoms. The Balaban J connectivity index is 2.11. The van der Waals surface area contributed by atoms with Crippen LogP contribution in [0.1, 0.15) is 16.7 Å². The Hall–Kier alpha value is -1.83. The second-order valence-corrected chi connectivity index (χ2v) is 3.97. The second-order valence-electron chi connectivity index (χ2n) is 3.97. The van der Waals surface area contributed by atoms with Gasteiger partial charge in [0.15, 0.2) is 0 Å². The van der Waals surface area contributed by atoms with Gasteiger partial charge in [-0.05, 0) is 35.7 Å². The summed E-state index contributed by atoms with van der Waals surface area (Å²) in [5, 5.41) is 3.37. The van der Waals surface area contributed by atoms with Gasteiger partial charge in [0.05, 0.1) is 0 Å². The normalized spacial score (nSPS) is 12.6. The molecule has 1 aliphatic heterocycles. The molecular weight excluding hydrogens is 184 g/mol. The summed E-state index contributed by atoms with van der Waals surface area (Å²) in [7, 11) is 0. The SMILES string of the molecule is Cc1ccc2c(c1)Nc1ncccc1C2. The van der Waals surface area contributed by atoms with Gasteiger partial charge in [0, 0.05) is 18.3 Å². The van der Waals surface area contributed by atoms with Gasteiger partial charge in [0.2, 0.25) is 0 Å². The third kappa shape index (κ3) is 1.38. The number of nitrogens with zero attached hydrogens (tertiary/aromatic N) is 1. The smallest absolute Gasteiger partial charge is 0.133 e. The zero-order valence-electron chi connectivity index (χ0n) is 8.62. The number of aromatic nitrogens is 1. The summed E-state index contributed by atoms with van der Waals surface area (Å²) in [4.78, 5) is 4.34. The lowest BCUT2D eigenvalue weighted by Crippen LogP contribution is -2.08. The van der Waals surface area contributed by atoms with Crippen LogP contribution in [-0.4, -0.2) is 4.98 Å². The maximum Gasteiger partial charge on any atom is 0.133 e. The van der Waals surface area contributed by atoms with E-state index >= 15 is 0 Å². The minimum atomic E-state index is 0.978. The summed E-state index contributed by atoms with van der Waals surface area (Å²) in [5.74, 6) is 0.996. The number of aryl methyl sites for hydroxylation is 1. The van der Waals surface area contributed by atoms with E-state index in [0.717, 1.165) is 12.2 Å². The zero-order chi connectivity index (χ0) is 10.3. The minimum Gasteiger partial charge on any atom is -0.340 e. The number of benzene rings is 1. The van der Waals surface area contributed by atoms with Gasteiger partial charge in [-0.1, -0.05) is 18.2 Å². The summed E-state index contributed by atoms with van der Waals surface area (Å²) >= 11 is 0. The number of hydrogen-bond acceptors (Lipinski definition) is 2. The first-order valence-corrected chi connectivity index (χ1v) is 5.13. The van der Waals surface area contributed by atoms with Gasteiger partial charge in [-0.15, -0.1) is 0 Å². The Morgan fingerprint density at radius 3 is 3.07 bits per heavy atom. The summed E-state index contributed by atoms with van der Waals surface area (Å²) < 4.78 is 0. The van der Waals surface area contributed by atoms with Crippen LogP contribution in [0.3, 0.4) is 0 Å². The monoisotopic (exact) mass is 196 g/mol. The molecule has 2 heterocycles. The largest absolute Gasteiger partial charge is 0.340 e. The summed E-state index contributed by atoms with van der Waals surface area (Å²) in [6.07, 6.45) is 2.80. The molecule has 0 atom stereocenters. The number of nitrogens with one attached hydrogen (secondary N) is 1. The highest BCUT2D eigenvalue weighted by Crippen LogP contribution is 2.31. The maximum absolute atomic E-state index is 4.34. The van der Waals surface area contributed by atoms with Crippen molar-refractivity contribution < 1.29 is 0 Å². The first kappa shape index (κ1) is 8.48. The van der Waals surface area contributed by atoms with Crippen molar-refractivity contribution in [2.24, 2.45) is 0 Å². The fourth-order valence-electron chi connectivity index (χ4n) is 1.99. The second kappa shape index (κ2) is 3.09. The molecule has 2 heteroatoms. The van der Waals surface area contributed by atoms with Crippen LogP contribution in [0.15, 0.2) is 36.5 Å². The molecule has 3 rings (SSSR count). The van der Waals surface area contributed by atoms with E-state index in [1.165, 1.54) is 22.4 Å². The van der Waals surface area contributed by atoms with E-state index < -0.39 is 0 Å². The highest BCUT2D eigenvalue weighted by molar-refractivity contribution is 5.69. The molecule has 1 aromatic heterocycles. The fraction of sp³-hybridized carbons (Fsp3) is 0.154. The molecule has 0 amide bonds. The van der Waals surface area contributed by atoms with Crippen molar-refractivity contribution in [2.45, 2.75) is 13.3 Å². The Morgan fingerprint density at radius 2 is 2.13 bits per heavy atom. The van der Waals surface area contributed by atoms with Crippen LogP contribution in [-0.2, 0) is 6.42 Å². The van der Waals surface area contributed by atoms with Gasteiger partial charge < -0.3 is 5.32 Å². The Bertz CT molecular complexity index is 518. The molecule has 0 bridgehead atoms. The average Bonchev–Trinajstić information content (AvgIpc) is 2.26. The highest BCUT2D eigenvalue weighted by Gasteiger charge is 2.14. The average molecular weight is 196 g/mol. The van der Waals surface area contributed by atoms with E-state index in [-0.39, 0.29) is 0 Å². The third-order valence-electron chi connectivity index (χ3n) is 2.79. The lowest BCUT2D eigenvalue weighted by Gasteiger charge is -2.20. The molecule has 1 N–H and O–H groups in total. The summed E-state index contributed by atoms with van der Waals surface area (Å²) in [6, 6.07) is 10.6. The summed E-state index contributed by atoms with van der Waals surface area (Å²) in [5.41, 5.74) is 5.09. The first-order chi connectivity index (χ1) is 7.33. The number of rotatable bonds is 0. The Kier molecular flexibility index (Phi) is 1.75. The molecule has 74 valence electrons. The molecule has 0 radical (unpaired) electrons. The first-order valence-electron chi connectivity index (χ1n) is 5.13. The van der Waals surface area contributed by atoms with Crippen LogP contribution in [0.5, 0.6) is 0 Å². The van der Waals surface area contributed by atoms with Crippen molar-refractivity contribution in [1.82, 2.24) is 4.98 Å². The standard InChI is InChI=1S/C13H12N2/c1-9-4-5-10-8-11-3-2-6-14-13(11)15-12(10)7-9/h2-7H,8H2,1H3,(H,14,15). The third-order valence-corrected chi connectivity index (χ3v) is 2.79. The van der Waals surface area contributed by atoms with E-state index in [1.807, 2.05) is 12.3 Å². The molecule has 1 aromatic carbocycles. The number of pyridine rings is 1. The number of hydrogen-bond donors (Lipinski definition) is 1. The van der Waals surface area contributed by atoms with Crippen molar-refractivity contribution in [2.75, 3.05) is 5.32 Å². The van der Waals surface area contributed by atoms with Crippen molar-refractivity contribution in [3.63, 3.8) is 0 Å². The molecule has 15 heavy (non-hydrogen) atoms. The molecule has 0 fully saturated rings. The predicted molar refractivity (Wildman–Crippen MR) is 61.5 cm³/mol. The van der Waals surface area contributed by atoms with Crippen LogP contribution in [0, 0.1) is 6.92 Å². The quantitative estimate of drug-likeness (QED) is 0.597. The molecule has 2 aromatic rings. The molecule has 0 saturated carbocycles. The lowest BCUT2D eigenvalue weighted by molar-refractivity contribution is 1.11. The van der Waals surface area contributed by atoms with Gasteiger partial charge >= 0.3 is 0 Å². The van der Waals surface area contributed by atoms with E-state index in [9.17, 15) is 0 Å². The van der Waals surface area contributed by atoms with Gasteiger partial charge in [-0.3, -0.25) is 0 Å². The Labute approximate surface area is 89.0 Å². The van der Waals surface area contributed by atoms with Gasteiger partial charge in [0.1, 0.15) is 5.82 Å². The Morgan fingerprint density at radius 1 is 1.20 bits per heavy atom. The zero-order valence-corrected chi connectivity index (χ0v) is 8.62. The van der Waals surface area contributed by atoms with Gasteiger partial charge in [0.25, 0.3) is 0 Å². The summed E-state index contributed by atoms with van der Waals surface area (Å²) in [6.45, 7) is 2.11. The highest BCUT2D eigenvalue weighted by atomic mass is 15.0. The van der Waals surface area contributed by atoms with Gasteiger partial charge in [-0.2, -0.15) is 0 Å². The maximum atomic E-state index is 4.34. The number of fused-ring (bicyclic) bond motifs is 2. The van der Waals surface area contributed by atoms with Crippen LogP contribution in [0.25, 0.3) is 0 Å². The topological polar surface area (TPSA) is 24.9 Å². The van der Waals surface area contributed by atoms with Crippen LogP contribution < -0.4 is 5.32 Å². The number of anilines is 2. The molecule has 0 aliphatic carbocycles. The van der Waals surface area contributed by atoms with Crippen molar-refractivity contribution in [3.8, 4) is 0 Å². The van der Waals surface area contributed by atoms with Crippen molar-refractivity contribution in [1.29, 1.82) is 0 Å². The minimum absolute atomic E-state index is 0.978. The van der Waals surface area contributed by atoms with Crippen LogP contribution in [0.4, 0.5) is 11.5 Å². The van der Waals surface area contributed by atoms with E-state index in [4.69, 9.17) is 0 Å². The molecule has 0 unspecified atom stereocenters. The molecule has 1 aliphatic rings. The van der Waals surface area contributed by atoms with Crippen molar-refractivity contribution in [3.05, 3.63) is 53.2 Å². The van der Waals surface area contributed by atoms with E-state index in [1.54, 1.807) is 0 Å². The molecular formula is C13H12N2. The van der Waals surface area contributed by atoms with E-state index in [0.29, 0.717) is 0 Å². The molecule has 2 nitrogen and oxygen atoms in total. The fourth-order valence-corrected chi connectivity index (χ4v) is 1.99. The predicted octanol–water partition coefficient (Wildman–Crippen LogP) is 3.04.